The van der Waals surface area contributed by atoms with Gasteiger partial charge in [0.2, 0.25) is 5.91 Å². The molecule has 2 aliphatic rings. The summed E-state index contributed by atoms with van der Waals surface area (Å²) in [5, 5.41) is 3.40. The molecule has 1 aliphatic carbocycles. The minimum atomic E-state index is -0.479. The summed E-state index contributed by atoms with van der Waals surface area (Å²) >= 11 is 1.47. The third kappa shape index (κ3) is 3.60. The number of ether oxygens (including phenoxy) is 1. The lowest BCUT2D eigenvalue weighted by Crippen LogP contribution is -2.19. The molecule has 1 aromatic carbocycles. The Kier molecular flexibility index (Phi) is 5.05. The molecule has 5 nitrogen and oxygen atoms in total. The van der Waals surface area contributed by atoms with Crippen LogP contribution in [0.5, 0.6) is 5.75 Å². The number of rotatable bonds is 4. The van der Waals surface area contributed by atoms with E-state index < -0.39 is 5.91 Å². The molecule has 0 fully saturated rings. The van der Waals surface area contributed by atoms with E-state index in [2.05, 4.69) is 5.32 Å². The Hall–Kier alpha value is -2.86. The number of benzene rings is 1. The fourth-order valence-corrected chi connectivity index (χ4v) is 4.98. The molecule has 2 aromatic rings. The number of primary amides is 1. The second kappa shape index (κ2) is 7.64. The van der Waals surface area contributed by atoms with Crippen molar-refractivity contribution in [2.75, 3.05) is 5.32 Å². The molecule has 2 heterocycles. The maximum absolute atomic E-state index is 12.5. The van der Waals surface area contributed by atoms with Crippen LogP contribution in [-0.4, -0.2) is 17.9 Å². The van der Waals surface area contributed by atoms with Crippen molar-refractivity contribution in [3.63, 3.8) is 0 Å². The Morgan fingerprint density at radius 2 is 2.04 bits per heavy atom. The van der Waals surface area contributed by atoms with Crippen LogP contribution in [0.1, 0.15) is 46.1 Å². The normalized spacial score (nSPS) is 18.0. The Balaban J connectivity index is 1.53. The molecule has 1 aromatic heterocycles. The van der Waals surface area contributed by atoms with Crippen molar-refractivity contribution in [1.82, 2.24) is 0 Å². The average Bonchev–Trinajstić information content (AvgIpc) is 3.04. The van der Waals surface area contributed by atoms with Crippen LogP contribution in [0.4, 0.5) is 5.00 Å². The zero-order valence-electron chi connectivity index (χ0n) is 15.7. The number of nitrogens with two attached hydrogens (primary N) is 1. The highest BCUT2D eigenvalue weighted by molar-refractivity contribution is 7.17. The highest BCUT2D eigenvalue weighted by Crippen LogP contribution is 2.38. The molecule has 1 atom stereocenters. The maximum Gasteiger partial charge on any atom is 0.251 e. The van der Waals surface area contributed by atoms with Crippen molar-refractivity contribution < 1.29 is 14.3 Å². The number of hydrogen-bond acceptors (Lipinski definition) is 4. The zero-order chi connectivity index (χ0) is 19.7. The van der Waals surface area contributed by atoms with Gasteiger partial charge in [-0.1, -0.05) is 18.2 Å². The molecule has 0 saturated heterocycles. The van der Waals surface area contributed by atoms with Crippen LogP contribution in [0.25, 0.3) is 6.08 Å². The number of hydrogen-bond donors (Lipinski definition) is 2. The van der Waals surface area contributed by atoms with E-state index in [0.29, 0.717) is 10.6 Å². The quantitative estimate of drug-likeness (QED) is 0.767. The van der Waals surface area contributed by atoms with E-state index >= 15 is 0 Å². The summed E-state index contributed by atoms with van der Waals surface area (Å²) in [5.41, 5.74) is 8.97. The lowest BCUT2D eigenvalue weighted by atomic mass is 9.95. The molecule has 0 spiro atoms. The van der Waals surface area contributed by atoms with E-state index in [9.17, 15) is 9.59 Å². The van der Waals surface area contributed by atoms with Gasteiger partial charge in [-0.3, -0.25) is 9.59 Å². The van der Waals surface area contributed by atoms with Crippen LogP contribution in [-0.2, 0) is 17.6 Å². The fourth-order valence-electron chi connectivity index (χ4n) is 3.69. The third-order valence-electron chi connectivity index (χ3n) is 5.10. The van der Waals surface area contributed by atoms with Crippen molar-refractivity contribution in [2.45, 2.75) is 38.7 Å². The molecule has 28 heavy (non-hydrogen) atoms. The lowest BCUT2D eigenvalue weighted by molar-refractivity contribution is -0.111. The predicted octanol–water partition coefficient (Wildman–Crippen LogP) is 4.09. The summed E-state index contributed by atoms with van der Waals surface area (Å²) in [5.74, 6) is 0.0761. The maximum atomic E-state index is 12.5. The van der Waals surface area contributed by atoms with Crippen molar-refractivity contribution in [3.05, 3.63) is 63.6 Å². The molecule has 2 amide bonds. The van der Waals surface area contributed by atoms with Crippen molar-refractivity contribution in [2.24, 2.45) is 5.73 Å². The van der Waals surface area contributed by atoms with Gasteiger partial charge in [0.1, 0.15) is 16.9 Å². The number of para-hydroxylation sites is 1. The summed E-state index contributed by atoms with van der Waals surface area (Å²) in [6.07, 6.45) is 9.04. The number of nitrogens with one attached hydrogen (secondary N) is 1. The Bertz CT molecular complexity index is 1000. The van der Waals surface area contributed by atoms with Crippen LogP contribution < -0.4 is 15.8 Å². The second-order valence-corrected chi connectivity index (χ2v) is 8.15. The number of thiophene rings is 1. The van der Waals surface area contributed by atoms with Gasteiger partial charge < -0.3 is 15.8 Å². The molecule has 1 aliphatic heterocycles. The molecule has 4 rings (SSSR count). The van der Waals surface area contributed by atoms with Gasteiger partial charge in [-0.05, 0) is 62.0 Å². The summed E-state index contributed by atoms with van der Waals surface area (Å²) in [6, 6.07) is 7.79. The molecular weight excluding hydrogens is 372 g/mol. The third-order valence-corrected chi connectivity index (χ3v) is 6.30. The van der Waals surface area contributed by atoms with Gasteiger partial charge in [-0.15, -0.1) is 11.3 Å². The SMILES string of the molecule is CC1Oc2ccccc2C=C1/C=C/C(=O)Nc1sc2c(c1C(N)=O)CCCC2. The van der Waals surface area contributed by atoms with Crippen LogP contribution >= 0.6 is 11.3 Å². The van der Waals surface area contributed by atoms with E-state index in [1.165, 1.54) is 17.4 Å². The Morgan fingerprint density at radius 3 is 2.86 bits per heavy atom. The van der Waals surface area contributed by atoms with Gasteiger partial charge in [-0.25, -0.2) is 0 Å². The fraction of sp³-hybridized carbons (Fsp3) is 0.273. The van der Waals surface area contributed by atoms with Crippen molar-refractivity contribution in [1.29, 1.82) is 0 Å². The minimum Gasteiger partial charge on any atom is -0.485 e. The van der Waals surface area contributed by atoms with Crippen LogP contribution in [0, 0.1) is 0 Å². The number of amides is 2. The first-order chi connectivity index (χ1) is 13.5. The van der Waals surface area contributed by atoms with E-state index in [1.54, 1.807) is 6.08 Å². The van der Waals surface area contributed by atoms with E-state index in [1.807, 2.05) is 37.3 Å². The van der Waals surface area contributed by atoms with Gasteiger partial charge in [-0.2, -0.15) is 0 Å². The Labute approximate surface area is 167 Å². The molecule has 0 saturated carbocycles. The standard InChI is InChI=1S/C22H22N2O3S/c1-13-14(12-15-6-2-4-8-17(15)27-13)10-11-19(25)24-22-20(21(23)26)16-7-3-5-9-18(16)28-22/h2,4,6,8,10-13H,3,5,7,9H2,1H3,(H2,23,26)(H,24,25)/b11-10+. The average molecular weight is 394 g/mol. The summed E-state index contributed by atoms with van der Waals surface area (Å²) in [7, 11) is 0. The van der Waals surface area contributed by atoms with Crippen molar-refractivity contribution in [3.8, 4) is 5.75 Å². The smallest absolute Gasteiger partial charge is 0.251 e. The number of carbonyl (C=O) groups excluding carboxylic acids is 2. The van der Waals surface area contributed by atoms with E-state index in [0.717, 1.165) is 53.0 Å². The first-order valence-corrected chi connectivity index (χ1v) is 10.3. The van der Waals surface area contributed by atoms with Gasteiger partial charge in [0, 0.05) is 16.5 Å². The first-order valence-electron chi connectivity index (χ1n) is 9.43. The molecule has 3 N–H and O–H groups in total. The second-order valence-electron chi connectivity index (χ2n) is 7.04. The lowest BCUT2D eigenvalue weighted by Gasteiger charge is -2.22. The molecule has 6 heteroatoms. The minimum absolute atomic E-state index is 0.144. The molecule has 144 valence electrons. The summed E-state index contributed by atoms with van der Waals surface area (Å²) in [4.78, 5) is 25.6. The highest BCUT2D eigenvalue weighted by atomic mass is 32.1. The monoisotopic (exact) mass is 394 g/mol. The number of carbonyl (C=O) groups is 2. The Morgan fingerprint density at radius 1 is 1.25 bits per heavy atom. The summed E-state index contributed by atoms with van der Waals surface area (Å²) < 4.78 is 5.89. The van der Waals surface area contributed by atoms with Gasteiger partial charge in [0.15, 0.2) is 0 Å². The molecule has 0 bridgehead atoms. The van der Waals surface area contributed by atoms with E-state index in [4.69, 9.17) is 10.5 Å². The number of fused-ring (bicyclic) bond motifs is 2. The molecular formula is C22H22N2O3S. The van der Waals surface area contributed by atoms with Crippen LogP contribution in [0.3, 0.4) is 0 Å². The van der Waals surface area contributed by atoms with E-state index in [-0.39, 0.29) is 12.0 Å². The topological polar surface area (TPSA) is 81.4 Å². The first kappa shape index (κ1) is 18.5. The number of anilines is 1. The van der Waals surface area contributed by atoms with Crippen LogP contribution in [0.2, 0.25) is 0 Å². The molecule has 0 radical (unpaired) electrons. The molecule has 1 unspecified atom stereocenters. The van der Waals surface area contributed by atoms with Gasteiger partial charge in [0.25, 0.3) is 5.91 Å². The summed E-state index contributed by atoms with van der Waals surface area (Å²) in [6.45, 7) is 1.95. The van der Waals surface area contributed by atoms with Gasteiger partial charge in [0.05, 0.1) is 5.56 Å². The largest absolute Gasteiger partial charge is 0.485 e. The van der Waals surface area contributed by atoms with Crippen LogP contribution in [0.15, 0.2) is 42.0 Å². The number of aryl methyl sites for hydroxylation is 1. The highest BCUT2D eigenvalue weighted by Gasteiger charge is 2.24. The zero-order valence-corrected chi connectivity index (χ0v) is 16.5. The van der Waals surface area contributed by atoms with Crippen molar-refractivity contribution >= 4 is 34.2 Å². The predicted molar refractivity (Wildman–Crippen MR) is 112 cm³/mol. The van der Waals surface area contributed by atoms with Gasteiger partial charge >= 0.3 is 0 Å².